The third-order valence-electron chi connectivity index (χ3n) is 3.70. The van der Waals surface area contributed by atoms with Crippen LogP contribution in [0.2, 0.25) is 10.0 Å². The summed E-state index contributed by atoms with van der Waals surface area (Å²) in [6, 6.07) is 5.39. The highest BCUT2D eigenvalue weighted by molar-refractivity contribution is 6.35. The van der Waals surface area contributed by atoms with E-state index in [0.717, 1.165) is 6.07 Å². The van der Waals surface area contributed by atoms with Gasteiger partial charge in [0.15, 0.2) is 0 Å². The highest BCUT2D eigenvalue weighted by Crippen LogP contribution is 2.31. The van der Waals surface area contributed by atoms with Crippen LogP contribution in [0.4, 0.5) is 15.9 Å². The number of carbonyl (C=O) groups excluding carboxylic acids is 1. The number of benzene rings is 1. The second-order valence-corrected chi connectivity index (χ2v) is 6.24. The van der Waals surface area contributed by atoms with Gasteiger partial charge in [-0.2, -0.15) is 0 Å². The maximum Gasteiger partial charge on any atom is 0.257 e. The molecular formula is C19H11Cl2FN4O. The van der Waals surface area contributed by atoms with Crippen molar-refractivity contribution in [2.75, 3.05) is 11.1 Å². The molecule has 27 heavy (non-hydrogen) atoms. The van der Waals surface area contributed by atoms with Gasteiger partial charge in [0.2, 0.25) is 0 Å². The van der Waals surface area contributed by atoms with Gasteiger partial charge in [-0.15, -0.1) is 6.42 Å². The van der Waals surface area contributed by atoms with Crippen molar-refractivity contribution in [1.82, 2.24) is 9.97 Å². The number of nitrogens with one attached hydrogen (secondary N) is 1. The molecule has 3 rings (SSSR count). The fourth-order valence-corrected chi connectivity index (χ4v) is 2.80. The zero-order valence-corrected chi connectivity index (χ0v) is 15.1. The summed E-state index contributed by atoms with van der Waals surface area (Å²) in [4.78, 5) is 20.2. The summed E-state index contributed by atoms with van der Waals surface area (Å²) in [5, 5.41) is 2.78. The number of terminal acetylenes is 1. The molecule has 0 atom stereocenters. The molecule has 0 aliphatic carbocycles. The average molecular weight is 401 g/mol. The molecule has 0 saturated heterocycles. The molecule has 0 radical (unpaired) electrons. The van der Waals surface area contributed by atoms with Gasteiger partial charge in [-0.05, 0) is 24.3 Å². The smallest absolute Gasteiger partial charge is 0.257 e. The SMILES string of the molecule is C#Cc1cnccc1-c1cc(Cl)c(C(=O)Nc2cnc(N)c(Cl)c2)cc1F. The van der Waals surface area contributed by atoms with Crippen LogP contribution in [-0.2, 0) is 0 Å². The Labute approximate surface area is 164 Å². The standard InChI is InChI=1S/C19H11Cl2FN4O/c1-2-10-8-24-4-3-12(10)13-6-15(20)14(7-17(13)22)19(27)26-11-5-16(21)18(23)25-9-11/h1,3-9H,(H2,23,25)(H,26,27). The largest absolute Gasteiger partial charge is 0.382 e. The number of amides is 1. The van der Waals surface area contributed by atoms with Gasteiger partial charge in [0.1, 0.15) is 11.6 Å². The Morgan fingerprint density at radius 2 is 1.96 bits per heavy atom. The van der Waals surface area contributed by atoms with Gasteiger partial charge in [-0.1, -0.05) is 29.1 Å². The normalized spacial score (nSPS) is 10.3. The maximum atomic E-state index is 14.7. The van der Waals surface area contributed by atoms with Gasteiger partial charge in [-0.3, -0.25) is 9.78 Å². The lowest BCUT2D eigenvalue weighted by molar-refractivity contribution is 0.102. The summed E-state index contributed by atoms with van der Waals surface area (Å²) in [7, 11) is 0. The van der Waals surface area contributed by atoms with E-state index < -0.39 is 11.7 Å². The van der Waals surface area contributed by atoms with E-state index in [1.54, 1.807) is 6.07 Å². The number of hydrogen-bond acceptors (Lipinski definition) is 4. The van der Waals surface area contributed by atoms with Crippen molar-refractivity contribution >= 4 is 40.6 Å². The lowest BCUT2D eigenvalue weighted by atomic mass is 10.00. The number of nitrogens with zero attached hydrogens (tertiary/aromatic N) is 2. The van der Waals surface area contributed by atoms with E-state index in [1.807, 2.05) is 0 Å². The second-order valence-electron chi connectivity index (χ2n) is 5.42. The minimum atomic E-state index is -0.652. The summed E-state index contributed by atoms with van der Waals surface area (Å²) in [6.07, 6.45) is 9.69. The highest BCUT2D eigenvalue weighted by atomic mass is 35.5. The van der Waals surface area contributed by atoms with Crippen molar-refractivity contribution in [3.8, 4) is 23.5 Å². The first-order valence-corrected chi connectivity index (χ1v) is 8.28. The third-order valence-corrected chi connectivity index (χ3v) is 4.31. The Hall–Kier alpha value is -3.14. The molecule has 0 unspecified atom stereocenters. The molecule has 3 N–H and O–H groups in total. The first-order chi connectivity index (χ1) is 12.9. The molecule has 0 aliphatic heterocycles. The number of nitrogens with two attached hydrogens (primary N) is 1. The molecular weight excluding hydrogens is 390 g/mol. The third kappa shape index (κ3) is 3.85. The number of rotatable bonds is 3. The van der Waals surface area contributed by atoms with E-state index in [4.69, 9.17) is 35.4 Å². The molecule has 1 aromatic carbocycles. The predicted molar refractivity (Wildman–Crippen MR) is 104 cm³/mol. The van der Waals surface area contributed by atoms with E-state index in [1.165, 1.54) is 30.7 Å². The van der Waals surface area contributed by atoms with Crippen molar-refractivity contribution < 1.29 is 9.18 Å². The monoisotopic (exact) mass is 400 g/mol. The number of anilines is 2. The topological polar surface area (TPSA) is 80.9 Å². The molecule has 0 aliphatic rings. The Kier molecular flexibility index (Phi) is 5.26. The van der Waals surface area contributed by atoms with Crippen LogP contribution in [-0.4, -0.2) is 15.9 Å². The fraction of sp³-hybridized carbons (Fsp3) is 0. The second kappa shape index (κ2) is 7.62. The van der Waals surface area contributed by atoms with Crippen molar-refractivity contribution in [3.63, 3.8) is 0 Å². The van der Waals surface area contributed by atoms with Gasteiger partial charge < -0.3 is 11.1 Å². The van der Waals surface area contributed by atoms with E-state index in [2.05, 4.69) is 21.2 Å². The molecule has 1 amide bonds. The predicted octanol–water partition coefficient (Wildman–Crippen LogP) is 4.41. The van der Waals surface area contributed by atoms with E-state index in [-0.39, 0.29) is 27.0 Å². The zero-order valence-electron chi connectivity index (χ0n) is 13.6. The van der Waals surface area contributed by atoms with E-state index in [9.17, 15) is 9.18 Å². The van der Waals surface area contributed by atoms with Crippen LogP contribution >= 0.6 is 23.2 Å². The Morgan fingerprint density at radius 3 is 2.67 bits per heavy atom. The Bertz CT molecular complexity index is 1100. The van der Waals surface area contributed by atoms with Crippen LogP contribution in [0.15, 0.2) is 42.9 Å². The summed E-state index contributed by atoms with van der Waals surface area (Å²) in [5.74, 6) is 1.29. The lowest BCUT2D eigenvalue weighted by Crippen LogP contribution is -2.13. The van der Waals surface area contributed by atoms with Crippen molar-refractivity contribution in [3.05, 3.63) is 69.8 Å². The van der Waals surface area contributed by atoms with Gasteiger partial charge in [0.25, 0.3) is 5.91 Å². The minimum Gasteiger partial charge on any atom is -0.382 e. The molecule has 134 valence electrons. The average Bonchev–Trinajstić information content (AvgIpc) is 2.66. The number of carbonyl (C=O) groups is 1. The Balaban J connectivity index is 1.96. The van der Waals surface area contributed by atoms with Crippen LogP contribution < -0.4 is 11.1 Å². The molecule has 0 fully saturated rings. The number of halogens is 3. The molecule has 0 spiro atoms. The van der Waals surface area contributed by atoms with Crippen LogP contribution in [0, 0.1) is 18.2 Å². The molecule has 2 heterocycles. The van der Waals surface area contributed by atoms with Crippen molar-refractivity contribution in [2.45, 2.75) is 0 Å². The minimum absolute atomic E-state index is 0.0535. The molecule has 0 bridgehead atoms. The molecule has 5 nitrogen and oxygen atoms in total. The molecule has 8 heteroatoms. The summed E-state index contributed by atoms with van der Waals surface area (Å²) < 4.78 is 14.7. The van der Waals surface area contributed by atoms with Crippen molar-refractivity contribution in [1.29, 1.82) is 0 Å². The molecule has 0 saturated carbocycles. The fourth-order valence-electron chi connectivity index (χ4n) is 2.39. The van der Waals surface area contributed by atoms with Gasteiger partial charge in [0, 0.05) is 23.5 Å². The van der Waals surface area contributed by atoms with Crippen molar-refractivity contribution in [2.24, 2.45) is 0 Å². The summed E-state index contributed by atoms with van der Waals surface area (Å²) >= 11 is 12.1. The summed E-state index contributed by atoms with van der Waals surface area (Å²) in [6.45, 7) is 0. The first kappa shape index (κ1) is 18.6. The van der Waals surface area contributed by atoms with Crippen LogP contribution in [0.5, 0.6) is 0 Å². The van der Waals surface area contributed by atoms with Gasteiger partial charge in [0.05, 0.1) is 33.1 Å². The molecule has 3 aromatic rings. The highest BCUT2D eigenvalue weighted by Gasteiger charge is 2.18. The number of pyridine rings is 2. The van der Waals surface area contributed by atoms with Crippen LogP contribution in [0.25, 0.3) is 11.1 Å². The van der Waals surface area contributed by atoms with E-state index in [0.29, 0.717) is 16.8 Å². The maximum absolute atomic E-state index is 14.7. The van der Waals surface area contributed by atoms with Crippen LogP contribution in [0.1, 0.15) is 15.9 Å². The van der Waals surface area contributed by atoms with E-state index >= 15 is 0 Å². The number of nitrogen functional groups attached to an aromatic ring is 1. The first-order valence-electron chi connectivity index (χ1n) is 7.53. The zero-order chi connectivity index (χ0) is 19.6. The lowest BCUT2D eigenvalue weighted by Gasteiger charge is -2.11. The Morgan fingerprint density at radius 1 is 1.19 bits per heavy atom. The van der Waals surface area contributed by atoms with Crippen LogP contribution in [0.3, 0.4) is 0 Å². The number of hydrogen-bond donors (Lipinski definition) is 2. The quantitative estimate of drug-likeness (QED) is 0.638. The van der Waals surface area contributed by atoms with Gasteiger partial charge >= 0.3 is 0 Å². The number of aromatic nitrogens is 2. The van der Waals surface area contributed by atoms with Gasteiger partial charge in [-0.25, -0.2) is 9.37 Å². The molecule has 2 aromatic heterocycles. The summed E-state index contributed by atoms with van der Waals surface area (Å²) in [5.41, 5.74) is 6.80.